The summed E-state index contributed by atoms with van der Waals surface area (Å²) in [5, 5.41) is 0. The van der Waals surface area contributed by atoms with Gasteiger partial charge in [0.1, 0.15) is 12.1 Å². The van der Waals surface area contributed by atoms with Crippen LogP contribution in [0.3, 0.4) is 0 Å². The molecule has 33 heavy (non-hydrogen) atoms. The van der Waals surface area contributed by atoms with E-state index in [1.54, 1.807) is 61.2 Å². The number of nitrogens with one attached hydrogen (secondary N) is 2. The summed E-state index contributed by atoms with van der Waals surface area (Å²) in [5.74, 6) is 10.6. The van der Waals surface area contributed by atoms with E-state index < -0.39 is 12.1 Å². The SMILES string of the molecule is NNC(=O)[C@@H]1CCCN1C(=O)[C]1[CH][CH][CH][CH]1.NNC(=O)[C@@H]1CCCN1C(=O)[C]1[CH][CH][CH][CH]1.[Fe+2]. The van der Waals surface area contributed by atoms with Crippen molar-refractivity contribution in [3.05, 3.63) is 63.2 Å². The molecule has 0 aromatic carbocycles. The molecule has 6 N–H and O–H groups in total. The molecule has 2 heterocycles. The minimum absolute atomic E-state index is 0. The molecule has 10 radical (unpaired) electrons. The van der Waals surface area contributed by atoms with Crippen molar-refractivity contribution in [1.29, 1.82) is 0 Å². The number of carbonyl (C=O) groups is 4. The molecule has 0 aromatic heterocycles. The zero-order valence-electron chi connectivity index (χ0n) is 18.1. The molecule has 2 aliphatic carbocycles. The van der Waals surface area contributed by atoms with Crippen LogP contribution in [-0.4, -0.2) is 58.6 Å². The Kier molecular flexibility index (Phi) is 11.1. The van der Waals surface area contributed by atoms with Crippen LogP contribution in [0.15, 0.2) is 0 Å². The van der Waals surface area contributed by atoms with Crippen LogP contribution in [0.5, 0.6) is 0 Å². The molecule has 0 unspecified atom stereocenters. The predicted octanol–water partition coefficient (Wildman–Crippen LogP) is -1.26. The summed E-state index contributed by atoms with van der Waals surface area (Å²) in [6.45, 7) is 1.23. The fraction of sp³-hybridized carbons (Fsp3) is 0.364. The van der Waals surface area contributed by atoms with Crippen LogP contribution in [0.4, 0.5) is 0 Å². The van der Waals surface area contributed by atoms with Crippen LogP contribution in [0.1, 0.15) is 25.7 Å². The Hall–Kier alpha value is -1.68. The second-order valence-corrected chi connectivity index (χ2v) is 7.68. The number of hydrogen-bond donors (Lipinski definition) is 4. The van der Waals surface area contributed by atoms with E-state index in [0.29, 0.717) is 37.8 Å². The van der Waals surface area contributed by atoms with E-state index in [1.165, 1.54) is 0 Å². The topological polar surface area (TPSA) is 151 Å². The van der Waals surface area contributed by atoms with Gasteiger partial charge in [-0.15, -0.1) is 0 Å². The Labute approximate surface area is 206 Å². The van der Waals surface area contributed by atoms with Gasteiger partial charge >= 0.3 is 17.1 Å². The van der Waals surface area contributed by atoms with Crippen LogP contribution in [0.25, 0.3) is 0 Å². The Balaban J connectivity index is 0.000000227. The minimum Gasteiger partial charge on any atom is -0.330 e. The van der Waals surface area contributed by atoms with Crippen LogP contribution in [0.2, 0.25) is 0 Å². The molecule has 4 amide bonds. The third-order valence-corrected chi connectivity index (χ3v) is 5.74. The third-order valence-electron chi connectivity index (χ3n) is 5.74. The van der Waals surface area contributed by atoms with Gasteiger partial charge < -0.3 is 9.80 Å². The smallest absolute Gasteiger partial charge is 0.330 e. The van der Waals surface area contributed by atoms with Crippen LogP contribution >= 0.6 is 0 Å². The van der Waals surface area contributed by atoms with E-state index in [-0.39, 0.29) is 40.7 Å². The van der Waals surface area contributed by atoms with Crippen molar-refractivity contribution < 1.29 is 36.2 Å². The van der Waals surface area contributed by atoms with Crippen molar-refractivity contribution >= 4 is 23.6 Å². The van der Waals surface area contributed by atoms with Gasteiger partial charge in [-0.25, -0.2) is 11.7 Å². The van der Waals surface area contributed by atoms with Crippen molar-refractivity contribution in [3.63, 3.8) is 0 Å². The number of hydrazine groups is 2. The van der Waals surface area contributed by atoms with Crippen LogP contribution < -0.4 is 22.5 Å². The van der Waals surface area contributed by atoms with Gasteiger partial charge in [0.15, 0.2) is 0 Å². The monoisotopic (exact) mass is 496 g/mol. The van der Waals surface area contributed by atoms with Crippen molar-refractivity contribution in [1.82, 2.24) is 20.7 Å². The van der Waals surface area contributed by atoms with Crippen molar-refractivity contribution in [2.45, 2.75) is 37.8 Å². The van der Waals surface area contributed by atoms with Gasteiger partial charge in [0, 0.05) is 13.1 Å². The minimum atomic E-state index is -0.424. The van der Waals surface area contributed by atoms with Crippen molar-refractivity contribution in [3.8, 4) is 0 Å². The zero-order chi connectivity index (χ0) is 23.1. The molecule has 2 atom stereocenters. The second kappa shape index (κ2) is 13.3. The first-order chi connectivity index (χ1) is 15.5. The summed E-state index contributed by atoms with van der Waals surface area (Å²) in [6, 6.07) is -0.847. The van der Waals surface area contributed by atoms with E-state index in [2.05, 4.69) is 10.9 Å². The number of rotatable bonds is 4. The quantitative estimate of drug-likeness (QED) is 0.165. The molecule has 4 aliphatic rings. The summed E-state index contributed by atoms with van der Waals surface area (Å²) >= 11 is 0. The second-order valence-electron chi connectivity index (χ2n) is 7.68. The normalized spacial score (nSPS) is 25.3. The standard InChI is InChI=1S/2C11H14N3O2.Fe/c2*12-13-10(15)9-6-3-7-14(9)11(16)8-4-1-2-5-8;/h2*1-2,4-5,9H,3,6-7,12H2,(H,13,15);/q;;+2/t2*9-;/m00./s1. The molecule has 0 spiro atoms. The summed E-state index contributed by atoms with van der Waals surface area (Å²) < 4.78 is 0. The number of amides is 4. The Morgan fingerprint density at radius 2 is 1.03 bits per heavy atom. The molecule has 2 saturated carbocycles. The summed E-state index contributed by atoms with van der Waals surface area (Å²) in [4.78, 5) is 50.2. The van der Waals surface area contributed by atoms with E-state index in [1.807, 2.05) is 0 Å². The molecule has 2 aliphatic heterocycles. The number of nitrogens with zero attached hydrogens (tertiary/aromatic N) is 2. The average molecular weight is 496 g/mol. The molecule has 11 heteroatoms. The zero-order valence-corrected chi connectivity index (χ0v) is 19.2. The summed E-state index contributed by atoms with van der Waals surface area (Å²) in [7, 11) is 0. The number of hydrogen-bond acceptors (Lipinski definition) is 6. The molecule has 176 valence electrons. The number of likely N-dealkylation sites (tertiary alicyclic amines) is 2. The van der Waals surface area contributed by atoms with Gasteiger partial charge in [-0.2, -0.15) is 0 Å². The Bertz CT molecular complexity index is 638. The predicted molar refractivity (Wildman–Crippen MR) is 115 cm³/mol. The van der Waals surface area contributed by atoms with E-state index in [0.717, 1.165) is 12.8 Å². The maximum atomic E-state index is 12.0. The maximum Gasteiger partial charge on any atom is 2.00 e. The molecule has 2 saturated heterocycles. The fourth-order valence-corrected chi connectivity index (χ4v) is 4.12. The number of carbonyl (C=O) groups excluding carboxylic acids is 4. The summed E-state index contributed by atoms with van der Waals surface area (Å²) in [6.07, 6.45) is 17.2. The van der Waals surface area contributed by atoms with E-state index >= 15 is 0 Å². The maximum absolute atomic E-state index is 12.0. The molecule has 0 bridgehead atoms. The van der Waals surface area contributed by atoms with Crippen LogP contribution in [0, 0.1) is 63.2 Å². The van der Waals surface area contributed by atoms with Gasteiger partial charge in [0.2, 0.25) is 11.8 Å². The Morgan fingerprint density at radius 1 is 0.697 bits per heavy atom. The largest absolute Gasteiger partial charge is 2.00 e. The fourth-order valence-electron chi connectivity index (χ4n) is 4.12. The average Bonchev–Trinajstić information content (AvgIpc) is 3.63. The molecular formula is C22H28FeN6O4+2. The number of nitrogens with two attached hydrogens (primary N) is 2. The van der Waals surface area contributed by atoms with Gasteiger partial charge in [-0.3, -0.25) is 30.0 Å². The van der Waals surface area contributed by atoms with E-state index in [4.69, 9.17) is 11.7 Å². The van der Waals surface area contributed by atoms with Crippen molar-refractivity contribution in [2.24, 2.45) is 11.7 Å². The summed E-state index contributed by atoms with van der Waals surface area (Å²) in [5.41, 5.74) is 4.21. The first-order valence-electron chi connectivity index (χ1n) is 10.5. The molecular weight excluding hydrogens is 468 g/mol. The van der Waals surface area contributed by atoms with Gasteiger partial charge in [-0.1, -0.05) is 0 Å². The third kappa shape index (κ3) is 6.68. The van der Waals surface area contributed by atoms with Gasteiger partial charge in [0.25, 0.3) is 11.8 Å². The van der Waals surface area contributed by atoms with Crippen molar-refractivity contribution in [2.75, 3.05) is 13.1 Å². The molecule has 10 nitrogen and oxygen atoms in total. The molecule has 4 rings (SSSR count). The van der Waals surface area contributed by atoms with Gasteiger partial charge in [-0.05, 0) is 77.0 Å². The Morgan fingerprint density at radius 3 is 1.33 bits per heavy atom. The van der Waals surface area contributed by atoms with Crippen LogP contribution in [-0.2, 0) is 36.2 Å². The molecule has 0 aromatic rings. The van der Waals surface area contributed by atoms with Gasteiger partial charge in [0.05, 0.1) is 11.8 Å². The molecule has 4 fully saturated rings. The first kappa shape index (κ1) is 27.6. The first-order valence-corrected chi connectivity index (χ1v) is 10.5. The van der Waals surface area contributed by atoms with E-state index in [9.17, 15) is 19.2 Å².